The van der Waals surface area contributed by atoms with Crippen molar-refractivity contribution in [2.75, 3.05) is 5.75 Å². The molecule has 196 valence electrons. The lowest BCUT2D eigenvalue weighted by atomic mass is 10.0. The zero-order valence-electron chi connectivity index (χ0n) is 21.1. The van der Waals surface area contributed by atoms with E-state index in [1.165, 1.54) is 11.8 Å². The van der Waals surface area contributed by atoms with Crippen LogP contribution in [0.5, 0.6) is 0 Å². The molecule has 0 bridgehead atoms. The first-order valence-corrected chi connectivity index (χ1v) is 14.2. The van der Waals surface area contributed by atoms with Crippen LogP contribution in [0, 0.1) is 0 Å². The first kappa shape index (κ1) is 29.4. The number of benzene rings is 3. The maximum atomic E-state index is 13.8. The molecule has 0 spiro atoms. The van der Waals surface area contributed by atoms with Crippen molar-refractivity contribution in [3.63, 3.8) is 0 Å². The van der Waals surface area contributed by atoms with Crippen LogP contribution in [-0.4, -0.2) is 34.0 Å². The smallest absolute Gasteiger partial charge is 0.243 e. The van der Waals surface area contributed by atoms with Crippen molar-refractivity contribution in [3.8, 4) is 0 Å². The summed E-state index contributed by atoms with van der Waals surface area (Å²) in [6.07, 6.45) is 0.353. The van der Waals surface area contributed by atoms with E-state index in [0.717, 1.165) is 11.1 Å². The molecule has 4 nitrogen and oxygen atoms in total. The van der Waals surface area contributed by atoms with E-state index in [0.29, 0.717) is 32.8 Å². The Balaban J connectivity index is 1.93. The number of amides is 2. The highest BCUT2D eigenvalue weighted by Gasteiger charge is 2.33. The van der Waals surface area contributed by atoms with Crippen LogP contribution in [0.3, 0.4) is 0 Å². The highest BCUT2D eigenvalue weighted by Crippen LogP contribution is 2.28. The third kappa shape index (κ3) is 8.96. The number of hydrogen-bond acceptors (Lipinski definition) is 3. The van der Waals surface area contributed by atoms with Crippen molar-refractivity contribution in [2.24, 2.45) is 0 Å². The second kappa shape index (κ2) is 13.6. The molecular weight excluding hydrogens is 547 g/mol. The molecule has 0 heterocycles. The van der Waals surface area contributed by atoms with Crippen molar-refractivity contribution >= 4 is 58.4 Å². The predicted octanol–water partition coefficient (Wildman–Crippen LogP) is 7.43. The normalized spacial score (nSPS) is 12.2. The van der Waals surface area contributed by atoms with Gasteiger partial charge in [-0.2, -0.15) is 0 Å². The molecule has 1 N–H and O–H groups in total. The fourth-order valence-corrected chi connectivity index (χ4v) is 5.52. The van der Waals surface area contributed by atoms with Crippen LogP contribution in [0.2, 0.25) is 15.1 Å². The summed E-state index contributed by atoms with van der Waals surface area (Å²) < 4.78 is 0. The van der Waals surface area contributed by atoms with E-state index in [1.54, 1.807) is 23.1 Å². The Hall–Kier alpha value is -2.18. The standard InChI is InChI=1S/C29H31Cl3N2O2S/c1-29(2,3)33-28(36)26(16-20-10-5-4-6-11-20)34(17-22-24(31)14-9-15-25(22)32)27(35)19-37-18-21-12-7-8-13-23(21)30/h4-15,26H,16-19H2,1-3H3,(H,33,36)/t26-/m0/s1. The van der Waals surface area contributed by atoms with Gasteiger partial charge in [0.15, 0.2) is 0 Å². The monoisotopic (exact) mass is 576 g/mol. The molecule has 3 rings (SSSR count). The number of rotatable bonds is 10. The van der Waals surface area contributed by atoms with Gasteiger partial charge in [-0.25, -0.2) is 0 Å². The van der Waals surface area contributed by atoms with E-state index < -0.39 is 11.6 Å². The topological polar surface area (TPSA) is 49.4 Å². The number of hydrogen-bond donors (Lipinski definition) is 1. The lowest BCUT2D eigenvalue weighted by molar-refractivity contribution is -0.140. The van der Waals surface area contributed by atoms with Crippen LogP contribution in [0.4, 0.5) is 0 Å². The van der Waals surface area contributed by atoms with Gasteiger partial charge in [-0.05, 0) is 50.1 Å². The highest BCUT2D eigenvalue weighted by molar-refractivity contribution is 7.99. The fraction of sp³-hybridized carbons (Fsp3) is 0.310. The Kier molecular flexibility index (Phi) is 10.8. The lowest BCUT2D eigenvalue weighted by Crippen LogP contribution is -2.54. The van der Waals surface area contributed by atoms with E-state index in [9.17, 15) is 9.59 Å². The zero-order valence-corrected chi connectivity index (χ0v) is 24.2. The molecule has 3 aromatic carbocycles. The van der Waals surface area contributed by atoms with Gasteiger partial charge < -0.3 is 10.2 Å². The third-order valence-corrected chi connectivity index (χ3v) is 7.64. The largest absolute Gasteiger partial charge is 0.350 e. The molecule has 0 aliphatic carbocycles. The van der Waals surface area contributed by atoms with E-state index in [1.807, 2.05) is 75.4 Å². The Morgan fingerprint density at radius 3 is 2.08 bits per heavy atom. The van der Waals surface area contributed by atoms with E-state index in [2.05, 4.69) is 5.32 Å². The van der Waals surface area contributed by atoms with Crippen molar-refractivity contribution < 1.29 is 9.59 Å². The molecule has 2 amide bonds. The first-order chi connectivity index (χ1) is 17.5. The molecule has 8 heteroatoms. The van der Waals surface area contributed by atoms with Gasteiger partial charge >= 0.3 is 0 Å². The maximum absolute atomic E-state index is 13.8. The van der Waals surface area contributed by atoms with Crippen molar-refractivity contribution in [1.29, 1.82) is 0 Å². The van der Waals surface area contributed by atoms with E-state index in [-0.39, 0.29) is 24.1 Å². The van der Waals surface area contributed by atoms with Gasteiger partial charge in [-0.3, -0.25) is 9.59 Å². The zero-order chi connectivity index (χ0) is 27.0. The molecule has 0 saturated heterocycles. The minimum atomic E-state index is -0.762. The minimum Gasteiger partial charge on any atom is -0.350 e. The maximum Gasteiger partial charge on any atom is 0.243 e. The van der Waals surface area contributed by atoms with Crippen LogP contribution in [0.15, 0.2) is 72.8 Å². The molecule has 0 unspecified atom stereocenters. The number of halogens is 3. The summed E-state index contributed by atoms with van der Waals surface area (Å²) in [5.41, 5.74) is 2.04. The number of nitrogens with one attached hydrogen (secondary N) is 1. The summed E-state index contributed by atoms with van der Waals surface area (Å²) in [5.74, 6) is 0.326. The summed E-state index contributed by atoms with van der Waals surface area (Å²) in [5, 5.41) is 4.61. The summed E-state index contributed by atoms with van der Waals surface area (Å²) in [7, 11) is 0. The van der Waals surface area contributed by atoms with Crippen LogP contribution in [0.25, 0.3) is 0 Å². The van der Waals surface area contributed by atoms with E-state index >= 15 is 0 Å². The fourth-order valence-electron chi connectivity index (χ4n) is 3.81. The summed E-state index contributed by atoms with van der Waals surface area (Å²) in [6.45, 7) is 5.86. The summed E-state index contributed by atoms with van der Waals surface area (Å²) >= 11 is 20.7. The quantitative estimate of drug-likeness (QED) is 0.272. The van der Waals surface area contributed by atoms with Gasteiger partial charge in [-0.15, -0.1) is 11.8 Å². The lowest BCUT2D eigenvalue weighted by Gasteiger charge is -2.34. The Labute approximate surface area is 238 Å². The van der Waals surface area contributed by atoms with Gasteiger partial charge in [-0.1, -0.05) is 89.4 Å². The molecule has 0 radical (unpaired) electrons. The molecular formula is C29H31Cl3N2O2S. The molecule has 3 aromatic rings. The van der Waals surface area contributed by atoms with Gasteiger partial charge in [0.2, 0.25) is 11.8 Å². The Bertz CT molecular complexity index is 1200. The van der Waals surface area contributed by atoms with Crippen LogP contribution < -0.4 is 5.32 Å². The summed E-state index contributed by atoms with van der Waals surface area (Å²) in [4.78, 5) is 29.0. The van der Waals surface area contributed by atoms with Gasteiger partial charge in [0.1, 0.15) is 6.04 Å². The molecule has 0 fully saturated rings. The van der Waals surface area contributed by atoms with Crippen molar-refractivity contribution in [2.45, 2.75) is 51.1 Å². The van der Waals surface area contributed by atoms with Crippen molar-refractivity contribution in [3.05, 3.63) is 105 Å². The average Bonchev–Trinajstić information content (AvgIpc) is 2.83. The van der Waals surface area contributed by atoms with Crippen LogP contribution in [-0.2, 0) is 28.3 Å². The molecule has 1 atom stereocenters. The number of carbonyl (C=O) groups is 2. The van der Waals surface area contributed by atoms with Gasteiger partial charge in [0, 0.05) is 44.9 Å². The Morgan fingerprint density at radius 1 is 0.865 bits per heavy atom. The van der Waals surface area contributed by atoms with Crippen LogP contribution >= 0.6 is 46.6 Å². The summed E-state index contributed by atoms with van der Waals surface area (Å²) in [6, 6.07) is 21.7. The SMILES string of the molecule is CC(C)(C)NC(=O)[C@H](Cc1ccccc1)N(Cc1c(Cl)cccc1Cl)C(=O)CSCc1ccccc1Cl. The third-order valence-electron chi connectivity index (χ3n) is 5.60. The van der Waals surface area contributed by atoms with Crippen molar-refractivity contribution in [1.82, 2.24) is 10.2 Å². The first-order valence-electron chi connectivity index (χ1n) is 11.9. The molecule has 37 heavy (non-hydrogen) atoms. The molecule has 0 saturated carbocycles. The molecule has 0 aliphatic heterocycles. The minimum absolute atomic E-state index is 0.110. The van der Waals surface area contributed by atoms with Gasteiger partial charge in [0.25, 0.3) is 0 Å². The molecule has 0 aliphatic rings. The van der Waals surface area contributed by atoms with Gasteiger partial charge in [0.05, 0.1) is 5.75 Å². The highest BCUT2D eigenvalue weighted by atomic mass is 35.5. The number of nitrogens with zero attached hydrogens (tertiary/aromatic N) is 1. The Morgan fingerprint density at radius 2 is 1.46 bits per heavy atom. The number of carbonyl (C=O) groups excluding carboxylic acids is 2. The van der Waals surface area contributed by atoms with E-state index in [4.69, 9.17) is 34.8 Å². The predicted molar refractivity (Wildman–Crippen MR) is 156 cm³/mol. The second-order valence-corrected chi connectivity index (χ2v) is 12.0. The molecule has 0 aromatic heterocycles. The average molecular weight is 578 g/mol. The van der Waals surface area contributed by atoms with Crippen LogP contribution in [0.1, 0.15) is 37.5 Å². The second-order valence-electron chi connectivity index (χ2n) is 9.75. The number of thioether (sulfide) groups is 1.